The molecule has 0 heterocycles. The predicted octanol–water partition coefficient (Wildman–Crippen LogP) is 3.79. The van der Waals surface area contributed by atoms with Crippen LogP contribution in [0.2, 0.25) is 0 Å². The average Bonchev–Trinajstić information content (AvgIpc) is 2.58. The van der Waals surface area contributed by atoms with E-state index in [1.54, 1.807) is 0 Å². The van der Waals surface area contributed by atoms with Crippen LogP contribution in [0.25, 0.3) is 0 Å². The second-order valence-electron chi connectivity index (χ2n) is 7.77. The summed E-state index contributed by atoms with van der Waals surface area (Å²) in [4.78, 5) is 14.6. The normalized spacial score (nSPS) is 12.2. The summed E-state index contributed by atoms with van der Waals surface area (Å²) in [5.74, 6) is -0.936. The van der Waals surface area contributed by atoms with Crippen molar-refractivity contribution in [1.29, 1.82) is 0 Å². The summed E-state index contributed by atoms with van der Waals surface area (Å²) in [5.41, 5.74) is 2.22. The Bertz CT molecular complexity index is 728. The lowest BCUT2D eigenvalue weighted by Gasteiger charge is -2.20. The van der Waals surface area contributed by atoms with Crippen LogP contribution in [0.4, 0.5) is 4.39 Å². The molecule has 0 fully saturated rings. The molecule has 0 aliphatic rings. The van der Waals surface area contributed by atoms with Crippen LogP contribution in [0.15, 0.2) is 12.1 Å². The topological polar surface area (TPSA) is 66.5 Å². The zero-order valence-corrected chi connectivity index (χ0v) is 18.8. The first kappa shape index (κ1) is 24.6. The van der Waals surface area contributed by atoms with E-state index in [-0.39, 0.29) is 29.8 Å². The zero-order valence-electron chi connectivity index (χ0n) is 18.0. The molecule has 0 aliphatic carbocycles. The number of nitrogens with zero attached hydrogens (tertiary/aromatic N) is 1. The Kier molecular flexibility index (Phi) is 9.57. The van der Waals surface area contributed by atoms with Crippen LogP contribution in [0.1, 0.15) is 76.5 Å². The van der Waals surface area contributed by atoms with Crippen LogP contribution in [0, 0.1) is 5.82 Å². The molecule has 28 heavy (non-hydrogen) atoms. The summed E-state index contributed by atoms with van der Waals surface area (Å²) in [7, 11) is -3.69. The molecular formula is C21H35FN2O3S. The Labute approximate surface area is 169 Å². The number of carbonyl (C=O) groups is 1. The fraction of sp³-hybridized carbons (Fsp3) is 0.667. The maximum atomic E-state index is 14.0. The molecule has 0 unspecified atom stereocenters. The Morgan fingerprint density at radius 1 is 1.07 bits per heavy atom. The van der Waals surface area contributed by atoms with Crippen molar-refractivity contribution in [3.63, 3.8) is 0 Å². The predicted molar refractivity (Wildman–Crippen MR) is 113 cm³/mol. The number of benzene rings is 1. The van der Waals surface area contributed by atoms with Crippen LogP contribution >= 0.6 is 0 Å². The third-order valence-corrected chi connectivity index (χ3v) is 6.28. The summed E-state index contributed by atoms with van der Waals surface area (Å²) in [6.45, 7) is 14.2. The van der Waals surface area contributed by atoms with Crippen molar-refractivity contribution < 1.29 is 17.6 Å². The van der Waals surface area contributed by atoms with Gasteiger partial charge in [0.1, 0.15) is 5.82 Å². The van der Waals surface area contributed by atoms with Crippen LogP contribution in [0.5, 0.6) is 0 Å². The maximum absolute atomic E-state index is 14.0. The van der Waals surface area contributed by atoms with Crippen molar-refractivity contribution in [2.75, 3.05) is 25.4 Å². The van der Waals surface area contributed by atoms with Gasteiger partial charge in [-0.2, -0.15) is 0 Å². The van der Waals surface area contributed by atoms with E-state index in [1.807, 2.05) is 41.5 Å². The van der Waals surface area contributed by atoms with Gasteiger partial charge in [-0.1, -0.05) is 41.5 Å². The van der Waals surface area contributed by atoms with Gasteiger partial charge in [0.05, 0.1) is 12.2 Å². The summed E-state index contributed by atoms with van der Waals surface area (Å²) < 4.78 is 40.7. The molecule has 0 saturated heterocycles. The summed E-state index contributed by atoms with van der Waals surface area (Å²) >= 11 is 0. The van der Waals surface area contributed by atoms with Gasteiger partial charge in [-0.15, -0.1) is 0 Å². The molecule has 0 aromatic heterocycles. The Morgan fingerprint density at radius 3 is 2.00 bits per heavy atom. The van der Waals surface area contributed by atoms with Gasteiger partial charge in [0.15, 0.2) is 0 Å². The van der Waals surface area contributed by atoms with Crippen LogP contribution in [0.3, 0.4) is 0 Å². The summed E-state index contributed by atoms with van der Waals surface area (Å²) in [6.07, 6.45) is 0.395. The second kappa shape index (κ2) is 10.9. The van der Waals surface area contributed by atoms with E-state index in [1.165, 1.54) is 12.1 Å². The standard InChI is InChI=1S/C21H35FN2O3S/c1-7-24(8-2)10-9-11-28(26,27)23-21(25)14-20-18(15(3)4)12-17(22)13-19(20)16(5)6/h12-13,15-16H,7-11,14H2,1-6H3,(H,23,25). The van der Waals surface area contributed by atoms with Crippen molar-refractivity contribution in [3.8, 4) is 0 Å². The number of halogens is 1. The number of nitrogens with one attached hydrogen (secondary N) is 1. The number of carbonyl (C=O) groups excluding carboxylic acids is 1. The SMILES string of the molecule is CCN(CC)CCCS(=O)(=O)NC(=O)Cc1c(C(C)C)cc(F)cc1C(C)C. The second-order valence-corrected chi connectivity index (χ2v) is 9.62. The highest BCUT2D eigenvalue weighted by Gasteiger charge is 2.21. The van der Waals surface area contributed by atoms with Gasteiger partial charge < -0.3 is 4.90 Å². The zero-order chi connectivity index (χ0) is 21.5. The van der Waals surface area contributed by atoms with Gasteiger partial charge in [0, 0.05) is 0 Å². The molecule has 0 radical (unpaired) electrons. The van der Waals surface area contributed by atoms with Crippen molar-refractivity contribution in [2.45, 2.75) is 66.2 Å². The number of sulfonamides is 1. The first-order chi connectivity index (χ1) is 13.0. The van der Waals surface area contributed by atoms with E-state index in [4.69, 9.17) is 0 Å². The fourth-order valence-electron chi connectivity index (χ4n) is 3.35. The highest BCUT2D eigenvalue weighted by atomic mass is 32.2. The molecule has 1 N–H and O–H groups in total. The largest absolute Gasteiger partial charge is 0.304 e. The van der Waals surface area contributed by atoms with E-state index >= 15 is 0 Å². The maximum Gasteiger partial charge on any atom is 0.237 e. The lowest BCUT2D eigenvalue weighted by Crippen LogP contribution is -2.35. The molecule has 7 heteroatoms. The van der Waals surface area contributed by atoms with Crippen molar-refractivity contribution in [2.24, 2.45) is 0 Å². The van der Waals surface area contributed by atoms with E-state index in [2.05, 4.69) is 9.62 Å². The Morgan fingerprint density at radius 2 is 1.57 bits per heavy atom. The smallest absolute Gasteiger partial charge is 0.237 e. The van der Waals surface area contributed by atoms with Crippen LogP contribution < -0.4 is 4.72 Å². The Hall–Kier alpha value is -1.47. The van der Waals surface area contributed by atoms with E-state index < -0.39 is 15.9 Å². The number of hydrogen-bond acceptors (Lipinski definition) is 4. The van der Waals surface area contributed by atoms with Gasteiger partial charge in [0.25, 0.3) is 0 Å². The van der Waals surface area contributed by atoms with Gasteiger partial charge in [-0.3, -0.25) is 9.52 Å². The first-order valence-corrected chi connectivity index (χ1v) is 11.7. The monoisotopic (exact) mass is 414 g/mol. The minimum absolute atomic E-state index is 0.0293. The molecule has 0 atom stereocenters. The van der Waals surface area contributed by atoms with E-state index in [9.17, 15) is 17.6 Å². The molecular weight excluding hydrogens is 379 g/mol. The van der Waals surface area contributed by atoms with Crippen molar-refractivity contribution in [1.82, 2.24) is 9.62 Å². The molecule has 0 bridgehead atoms. The molecule has 5 nitrogen and oxygen atoms in total. The quantitative estimate of drug-likeness (QED) is 0.598. The van der Waals surface area contributed by atoms with Crippen molar-refractivity contribution >= 4 is 15.9 Å². The molecule has 0 saturated carbocycles. The lowest BCUT2D eigenvalue weighted by atomic mass is 9.87. The molecule has 1 amide bonds. The summed E-state index contributed by atoms with van der Waals surface area (Å²) in [5, 5.41) is 0. The Balaban J connectivity index is 2.90. The molecule has 160 valence electrons. The highest BCUT2D eigenvalue weighted by molar-refractivity contribution is 7.90. The molecule has 1 aromatic rings. The minimum atomic E-state index is -3.69. The average molecular weight is 415 g/mol. The van der Waals surface area contributed by atoms with Gasteiger partial charge in [0.2, 0.25) is 15.9 Å². The number of hydrogen-bond donors (Lipinski definition) is 1. The van der Waals surface area contributed by atoms with Crippen molar-refractivity contribution in [3.05, 3.63) is 34.6 Å². The fourth-order valence-corrected chi connectivity index (χ4v) is 4.38. The van der Waals surface area contributed by atoms with Gasteiger partial charge in [-0.05, 0) is 66.7 Å². The first-order valence-electron chi connectivity index (χ1n) is 10.1. The highest BCUT2D eigenvalue weighted by Crippen LogP contribution is 2.29. The summed E-state index contributed by atoms with van der Waals surface area (Å²) in [6, 6.07) is 2.88. The van der Waals surface area contributed by atoms with Crippen LogP contribution in [-0.2, 0) is 21.2 Å². The van der Waals surface area contributed by atoms with E-state index in [0.717, 1.165) is 29.8 Å². The third kappa shape index (κ3) is 7.51. The third-order valence-electron chi connectivity index (χ3n) is 4.92. The van der Waals surface area contributed by atoms with Gasteiger partial charge in [-0.25, -0.2) is 12.8 Å². The molecule has 1 rings (SSSR count). The molecule has 1 aromatic carbocycles. The lowest BCUT2D eigenvalue weighted by molar-refractivity contribution is -0.118. The van der Waals surface area contributed by atoms with Crippen LogP contribution in [-0.4, -0.2) is 44.6 Å². The molecule has 0 aliphatic heterocycles. The number of amides is 1. The number of rotatable bonds is 11. The molecule has 0 spiro atoms. The van der Waals surface area contributed by atoms with Gasteiger partial charge >= 0.3 is 0 Å². The van der Waals surface area contributed by atoms with E-state index in [0.29, 0.717) is 13.0 Å². The minimum Gasteiger partial charge on any atom is -0.304 e.